The van der Waals surface area contributed by atoms with Gasteiger partial charge in [0.2, 0.25) is 0 Å². The van der Waals surface area contributed by atoms with E-state index in [1.165, 1.54) is 18.4 Å². The Morgan fingerprint density at radius 3 is 3.08 bits per heavy atom. The molecule has 1 atom stereocenters. The van der Waals surface area contributed by atoms with E-state index in [-0.39, 0.29) is 0 Å². The van der Waals surface area contributed by atoms with Gasteiger partial charge in [0.25, 0.3) is 0 Å². The van der Waals surface area contributed by atoms with Crippen LogP contribution in [0.25, 0.3) is 0 Å². The van der Waals surface area contributed by atoms with Crippen molar-refractivity contribution in [1.29, 1.82) is 0 Å². The van der Waals surface area contributed by atoms with E-state index < -0.39 is 0 Å². The first-order valence-corrected chi connectivity index (χ1v) is 4.72. The first-order chi connectivity index (χ1) is 5.79. The monoisotopic (exact) mass is 164 g/mol. The van der Waals surface area contributed by atoms with Gasteiger partial charge in [0.05, 0.1) is 13.2 Å². The van der Waals surface area contributed by atoms with E-state index in [9.17, 15) is 0 Å². The molecule has 0 N–H and O–H groups in total. The van der Waals surface area contributed by atoms with E-state index in [1.807, 2.05) is 0 Å². The average molecular weight is 164 g/mol. The Balaban J connectivity index is 2.35. The Kier molecular flexibility index (Phi) is 2.05. The number of hydrogen-bond donors (Lipinski definition) is 0. The van der Waals surface area contributed by atoms with Crippen LogP contribution in [-0.4, -0.2) is 13.2 Å². The van der Waals surface area contributed by atoms with Gasteiger partial charge in [-0.15, -0.1) is 0 Å². The molecule has 12 heavy (non-hydrogen) atoms. The van der Waals surface area contributed by atoms with Gasteiger partial charge in [-0.1, -0.05) is 17.2 Å². The summed E-state index contributed by atoms with van der Waals surface area (Å²) in [6, 6.07) is 0. The number of fused-ring (bicyclic) bond motifs is 1. The Hall–Kier alpha value is -0.560. The first-order valence-electron chi connectivity index (χ1n) is 4.72. The van der Waals surface area contributed by atoms with Crippen LogP contribution in [0.4, 0.5) is 0 Å². The third kappa shape index (κ3) is 1.22. The van der Waals surface area contributed by atoms with Gasteiger partial charge < -0.3 is 4.74 Å². The van der Waals surface area contributed by atoms with Gasteiger partial charge in [-0.05, 0) is 32.3 Å². The van der Waals surface area contributed by atoms with Crippen LogP contribution in [0.5, 0.6) is 0 Å². The molecule has 1 fully saturated rings. The minimum atomic E-state index is 0.618. The highest BCUT2D eigenvalue weighted by Crippen LogP contribution is 2.33. The van der Waals surface area contributed by atoms with E-state index >= 15 is 0 Å². The van der Waals surface area contributed by atoms with Crippen molar-refractivity contribution in [2.45, 2.75) is 26.7 Å². The maximum atomic E-state index is 5.49. The molecule has 0 aromatic heterocycles. The molecule has 0 aromatic rings. The lowest BCUT2D eigenvalue weighted by atomic mass is 9.93. The van der Waals surface area contributed by atoms with Gasteiger partial charge in [0.1, 0.15) is 0 Å². The molecule has 0 radical (unpaired) electrons. The van der Waals surface area contributed by atoms with E-state index in [1.54, 1.807) is 11.1 Å². The molecule has 1 nitrogen and oxygen atoms in total. The first kappa shape index (κ1) is 8.06. The minimum Gasteiger partial charge on any atom is -0.376 e. The van der Waals surface area contributed by atoms with Gasteiger partial charge in [-0.25, -0.2) is 0 Å². The van der Waals surface area contributed by atoms with Crippen LogP contribution in [0.1, 0.15) is 26.7 Å². The fourth-order valence-corrected chi connectivity index (χ4v) is 2.13. The van der Waals surface area contributed by atoms with Crippen molar-refractivity contribution in [3.05, 3.63) is 22.8 Å². The lowest BCUT2D eigenvalue weighted by Gasteiger charge is -2.10. The van der Waals surface area contributed by atoms with Crippen LogP contribution >= 0.6 is 0 Å². The summed E-state index contributed by atoms with van der Waals surface area (Å²) in [7, 11) is 0. The molecule has 2 rings (SSSR count). The summed E-state index contributed by atoms with van der Waals surface area (Å²) in [5.74, 6) is 0.618. The van der Waals surface area contributed by atoms with Crippen LogP contribution in [-0.2, 0) is 4.74 Å². The highest BCUT2D eigenvalue weighted by atomic mass is 16.5. The third-order valence-corrected chi connectivity index (χ3v) is 3.05. The molecule has 1 unspecified atom stereocenters. The molecule has 0 amide bonds. The van der Waals surface area contributed by atoms with E-state index in [0.717, 1.165) is 13.2 Å². The lowest BCUT2D eigenvalue weighted by molar-refractivity contribution is 0.193. The summed E-state index contributed by atoms with van der Waals surface area (Å²) in [5, 5.41) is 0. The summed E-state index contributed by atoms with van der Waals surface area (Å²) >= 11 is 0. The minimum absolute atomic E-state index is 0.618. The second-order valence-corrected chi connectivity index (χ2v) is 3.86. The second kappa shape index (κ2) is 3.06. The van der Waals surface area contributed by atoms with Crippen molar-refractivity contribution in [1.82, 2.24) is 0 Å². The van der Waals surface area contributed by atoms with Crippen molar-refractivity contribution < 1.29 is 4.74 Å². The quantitative estimate of drug-likeness (QED) is 0.500. The molecule has 0 spiro atoms. The molecule has 1 saturated heterocycles. The highest BCUT2D eigenvalue weighted by molar-refractivity contribution is 5.30. The number of hydrogen-bond acceptors (Lipinski definition) is 1. The average Bonchev–Trinajstić information content (AvgIpc) is 2.47. The van der Waals surface area contributed by atoms with Crippen LogP contribution in [0, 0.1) is 5.92 Å². The summed E-state index contributed by atoms with van der Waals surface area (Å²) in [6.07, 6.45) is 4.82. The lowest BCUT2D eigenvalue weighted by Crippen LogP contribution is -2.03. The molecular formula is C11H16O. The summed E-state index contributed by atoms with van der Waals surface area (Å²) in [6.45, 7) is 6.28. The van der Waals surface area contributed by atoms with Gasteiger partial charge in [0.15, 0.2) is 0 Å². The third-order valence-electron chi connectivity index (χ3n) is 3.05. The highest BCUT2D eigenvalue weighted by Gasteiger charge is 2.25. The van der Waals surface area contributed by atoms with E-state index in [2.05, 4.69) is 19.9 Å². The van der Waals surface area contributed by atoms with Crippen molar-refractivity contribution in [2.75, 3.05) is 13.2 Å². The van der Waals surface area contributed by atoms with Crippen LogP contribution in [0.15, 0.2) is 22.8 Å². The second-order valence-electron chi connectivity index (χ2n) is 3.86. The molecule has 1 heterocycles. The standard InChI is InChI=1S/C11H16O/c1-8-4-3-5-9(2)11-7-12-6-10(8)11/h4,10H,3,5-7H2,1-2H3. The van der Waals surface area contributed by atoms with Crippen LogP contribution in [0.2, 0.25) is 0 Å². The number of ether oxygens (including phenoxy) is 1. The zero-order chi connectivity index (χ0) is 8.55. The zero-order valence-corrected chi connectivity index (χ0v) is 7.89. The van der Waals surface area contributed by atoms with Crippen molar-refractivity contribution in [3.8, 4) is 0 Å². The van der Waals surface area contributed by atoms with E-state index in [4.69, 9.17) is 4.74 Å². The zero-order valence-electron chi connectivity index (χ0n) is 7.89. The summed E-state index contributed by atoms with van der Waals surface area (Å²) < 4.78 is 5.49. The van der Waals surface area contributed by atoms with Gasteiger partial charge in [0, 0.05) is 5.92 Å². The Labute approximate surface area is 74.1 Å². The Morgan fingerprint density at radius 2 is 2.25 bits per heavy atom. The van der Waals surface area contributed by atoms with Gasteiger partial charge >= 0.3 is 0 Å². The largest absolute Gasteiger partial charge is 0.376 e. The maximum absolute atomic E-state index is 5.49. The molecular weight excluding hydrogens is 148 g/mol. The van der Waals surface area contributed by atoms with Crippen molar-refractivity contribution in [3.63, 3.8) is 0 Å². The van der Waals surface area contributed by atoms with Crippen LogP contribution < -0.4 is 0 Å². The number of allylic oxidation sites excluding steroid dienone is 2. The Bertz CT molecular complexity index is 248. The normalized spacial score (nSPS) is 29.8. The molecule has 0 aromatic carbocycles. The molecule has 1 aliphatic carbocycles. The SMILES string of the molecule is CC1=CCCC(C)=C2COCC12. The molecule has 66 valence electrons. The number of rotatable bonds is 0. The fourth-order valence-electron chi connectivity index (χ4n) is 2.13. The predicted molar refractivity (Wildman–Crippen MR) is 50.0 cm³/mol. The summed E-state index contributed by atoms with van der Waals surface area (Å²) in [5.41, 5.74) is 4.63. The smallest absolute Gasteiger partial charge is 0.0686 e. The topological polar surface area (TPSA) is 9.23 Å². The molecule has 0 saturated carbocycles. The van der Waals surface area contributed by atoms with Gasteiger partial charge in [-0.2, -0.15) is 0 Å². The molecule has 1 aliphatic heterocycles. The molecule has 2 aliphatic rings. The predicted octanol–water partition coefficient (Wildman–Crippen LogP) is 2.69. The van der Waals surface area contributed by atoms with Crippen molar-refractivity contribution in [2.24, 2.45) is 5.92 Å². The van der Waals surface area contributed by atoms with E-state index in [0.29, 0.717) is 5.92 Å². The summed E-state index contributed by atoms with van der Waals surface area (Å²) in [4.78, 5) is 0. The van der Waals surface area contributed by atoms with Crippen LogP contribution in [0.3, 0.4) is 0 Å². The van der Waals surface area contributed by atoms with Crippen molar-refractivity contribution >= 4 is 0 Å². The molecule has 0 bridgehead atoms. The van der Waals surface area contributed by atoms with Gasteiger partial charge in [-0.3, -0.25) is 0 Å². The Morgan fingerprint density at radius 1 is 1.42 bits per heavy atom. The fraction of sp³-hybridized carbons (Fsp3) is 0.636. The maximum Gasteiger partial charge on any atom is 0.0686 e. The molecule has 1 heteroatoms.